The fourth-order valence-electron chi connectivity index (χ4n) is 3.67. The van der Waals surface area contributed by atoms with E-state index in [1.165, 1.54) is 18.2 Å². The van der Waals surface area contributed by atoms with Crippen molar-refractivity contribution in [1.29, 1.82) is 0 Å². The second-order valence-electron chi connectivity index (χ2n) is 9.48. The van der Waals surface area contributed by atoms with Crippen LogP contribution in [0.1, 0.15) is 39.4 Å². The summed E-state index contributed by atoms with van der Waals surface area (Å²) in [6.07, 6.45) is 0.865. The van der Waals surface area contributed by atoms with Crippen LogP contribution in [0.25, 0.3) is 16.6 Å². The molecule has 1 N–H and O–H groups in total. The number of halogens is 3. The molecule has 35 heavy (non-hydrogen) atoms. The van der Waals surface area contributed by atoms with Gasteiger partial charge in [0.15, 0.2) is 11.6 Å². The Hall–Kier alpha value is -3.81. The molecule has 0 bridgehead atoms. The lowest BCUT2D eigenvalue weighted by Gasteiger charge is -2.29. The maximum atomic E-state index is 14.0. The molecule has 0 unspecified atom stereocenters. The van der Waals surface area contributed by atoms with Gasteiger partial charge in [-0.15, -0.1) is 0 Å². The molecule has 1 amide bonds. The average molecular weight is 482 g/mol. The van der Waals surface area contributed by atoms with Gasteiger partial charge < -0.3 is 10.1 Å². The SMILES string of the molecule is C[C@H](NC(=O)C(C)(C)C)[C@@H](Oc1ccc2c(cnn2-c2ccc(F)cc2)c1)c1ccc(F)c(F)c1. The Morgan fingerprint density at radius 3 is 2.34 bits per heavy atom. The lowest BCUT2D eigenvalue weighted by molar-refractivity contribution is -0.129. The monoisotopic (exact) mass is 481 g/mol. The molecule has 0 saturated carbocycles. The molecule has 5 nitrogen and oxygen atoms in total. The molecular formula is C27H26F3N3O2. The van der Waals surface area contributed by atoms with E-state index in [1.54, 1.807) is 62.8 Å². The highest BCUT2D eigenvalue weighted by molar-refractivity contribution is 5.82. The van der Waals surface area contributed by atoms with Crippen LogP contribution in [0.5, 0.6) is 5.75 Å². The molecule has 3 aromatic carbocycles. The number of rotatable bonds is 6. The summed E-state index contributed by atoms with van der Waals surface area (Å²) in [6.45, 7) is 7.11. The standard InChI is InChI=1S/C27H26F3N3O2/c1-16(32-26(34)27(2,3)4)25(17-5-11-22(29)23(30)14-17)35-21-10-12-24-18(13-21)15-31-33(24)20-8-6-19(28)7-9-20/h5-16,25H,1-4H3,(H,32,34)/t16-,25+/m0/s1. The number of carbonyl (C=O) groups is 1. The quantitative estimate of drug-likeness (QED) is 0.361. The van der Waals surface area contributed by atoms with Gasteiger partial charge >= 0.3 is 0 Å². The van der Waals surface area contributed by atoms with Gasteiger partial charge in [0.05, 0.1) is 23.4 Å². The zero-order chi connectivity index (χ0) is 25.3. The summed E-state index contributed by atoms with van der Waals surface area (Å²) in [5, 5.41) is 8.07. The predicted octanol–water partition coefficient (Wildman–Crippen LogP) is 6.11. The van der Waals surface area contributed by atoms with Crippen molar-refractivity contribution >= 4 is 16.8 Å². The number of benzene rings is 3. The van der Waals surface area contributed by atoms with Crippen molar-refractivity contribution in [2.24, 2.45) is 5.41 Å². The molecule has 4 aromatic rings. The van der Waals surface area contributed by atoms with E-state index in [0.29, 0.717) is 17.0 Å². The Labute approximate surface area is 201 Å². The smallest absolute Gasteiger partial charge is 0.225 e. The van der Waals surface area contributed by atoms with Gasteiger partial charge in [-0.3, -0.25) is 4.79 Å². The number of fused-ring (bicyclic) bond motifs is 1. The van der Waals surface area contributed by atoms with E-state index in [4.69, 9.17) is 4.74 Å². The molecule has 4 rings (SSSR count). The van der Waals surface area contributed by atoms with Crippen molar-refractivity contribution in [1.82, 2.24) is 15.1 Å². The molecule has 2 atom stereocenters. The Morgan fingerprint density at radius 1 is 0.971 bits per heavy atom. The van der Waals surface area contributed by atoms with Crippen LogP contribution in [-0.4, -0.2) is 21.7 Å². The second-order valence-corrected chi connectivity index (χ2v) is 9.48. The summed E-state index contributed by atoms with van der Waals surface area (Å²) < 4.78 is 48.8. The van der Waals surface area contributed by atoms with Gasteiger partial charge in [-0.25, -0.2) is 17.9 Å². The Kier molecular flexibility index (Phi) is 6.56. The average Bonchev–Trinajstić information content (AvgIpc) is 3.22. The third-order valence-electron chi connectivity index (χ3n) is 5.64. The first-order valence-electron chi connectivity index (χ1n) is 11.2. The third kappa shape index (κ3) is 5.31. The maximum Gasteiger partial charge on any atom is 0.225 e. The number of carbonyl (C=O) groups excluding carboxylic acids is 1. The minimum absolute atomic E-state index is 0.197. The van der Waals surface area contributed by atoms with Crippen LogP contribution in [0.15, 0.2) is 66.9 Å². The van der Waals surface area contributed by atoms with Crippen LogP contribution in [0.2, 0.25) is 0 Å². The molecule has 8 heteroatoms. The van der Waals surface area contributed by atoms with Crippen LogP contribution >= 0.6 is 0 Å². The van der Waals surface area contributed by atoms with Crippen LogP contribution in [0.3, 0.4) is 0 Å². The lowest BCUT2D eigenvalue weighted by atomic mass is 9.94. The molecule has 0 radical (unpaired) electrons. The summed E-state index contributed by atoms with van der Waals surface area (Å²) in [6, 6.07) is 14.3. The minimum Gasteiger partial charge on any atom is -0.484 e. The van der Waals surface area contributed by atoms with Crippen molar-refractivity contribution in [3.8, 4) is 11.4 Å². The molecule has 0 aliphatic heterocycles. The number of ether oxygens (including phenoxy) is 1. The van der Waals surface area contributed by atoms with E-state index < -0.39 is 29.2 Å². The molecule has 1 aromatic heterocycles. The van der Waals surface area contributed by atoms with E-state index in [9.17, 15) is 18.0 Å². The summed E-state index contributed by atoms with van der Waals surface area (Å²) >= 11 is 0. The van der Waals surface area contributed by atoms with E-state index in [0.717, 1.165) is 23.0 Å². The molecule has 0 aliphatic rings. The first-order valence-corrected chi connectivity index (χ1v) is 11.2. The molecule has 0 aliphatic carbocycles. The van der Waals surface area contributed by atoms with Gasteiger partial charge in [0.25, 0.3) is 0 Å². The summed E-state index contributed by atoms with van der Waals surface area (Å²) in [5.74, 6) is -2.04. The summed E-state index contributed by atoms with van der Waals surface area (Å²) in [7, 11) is 0. The van der Waals surface area contributed by atoms with Crippen LogP contribution in [0, 0.1) is 22.9 Å². The highest BCUT2D eigenvalue weighted by atomic mass is 19.2. The number of nitrogens with zero attached hydrogens (tertiary/aromatic N) is 2. The Bertz CT molecular complexity index is 1360. The molecule has 0 saturated heterocycles. The normalized spacial score (nSPS) is 13.5. The number of hydrogen-bond donors (Lipinski definition) is 1. The highest BCUT2D eigenvalue weighted by Gasteiger charge is 2.29. The summed E-state index contributed by atoms with van der Waals surface area (Å²) in [4.78, 5) is 12.6. The minimum atomic E-state index is -0.999. The van der Waals surface area contributed by atoms with Gasteiger partial charge in [0.1, 0.15) is 17.7 Å². The predicted molar refractivity (Wildman–Crippen MR) is 128 cm³/mol. The van der Waals surface area contributed by atoms with Gasteiger partial charge in [-0.05, 0) is 67.1 Å². The first-order chi connectivity index (χ1) is 16.5. The number of hydrogen-bond acceptors (Lipinski definition) is 3. The van der Waals surface area contributed by atoms with Gasteiger partial charge in [-0.1, -0.05) is 26.8 Å². The molecule has 182 valence electrons. The number of nitrogens with one attached hydrogen (secondary N) is 1. The molecular weight excluding hydrogens is 455 g/mol. The molecule has 0 fully saturated rings. The maximum absolute atomic E-state index is 14.0. The summed E-state index contributed by atoms with van der Waals surface area (Å²) in [5.41, 5.74) is 1.23. The van der Waals surface area contributed by atoms with Crippen molar-refractivity contribution in [2.75, 3.05) is 0 Å². The number of aromatic nitrogens is 2. The van der Waals surface area contributed by atoms with Gasteiger partial charge in [0.2, 0.25) is 5.91 Å². The van der Waals surface area contributed by atoms with Crippen molar-refractivity contribution in [3.63, 3.8) is 0 Å². The topological polar surface area (TPSA) is 56.1 Å². The largest absolute Gasteiger partial charge is 0.484 e. The van der Waals surface area contributed by atoms with E-state index in [1.807, 2.05) is 6.07 Å². The lowest BCUT2D eigenvalue weighted by Crippen LogP contribution is -2.44. The highest BCUT2D eigenvalue weighted by Crippen LogP contribution is 2.30. The fourth-order valence-corrected chi connectivity index (χ4v) is 3.67. The fraction of sp³-hybridized carbons (Fsp3) is 0.259. The van der Waals surface area contributed by atoms with Crippen LogP contribution in [0.4, 0.5) is 13.2 Å². The molecule has 0 spiro atoms. The zero-order valence-electron chi connectivity index (χ0n) is 19.9. The van der Waals surface area contributed by atoms with Crippen molar-refractivity contribution in [3.05, 3.63) is 89.9 Å². The Balaban J connectivity index is 1.66. The third-order valence-corrected chi connectivity index (χ3v) is 5.64. The van der Waals surface area contributed by atoms with Crippen LogP contribution in [-0.2, 0) is 4.79 Å². The molecule has 1 heterocycles. The second kappa shape index (κ2) is 9.44. The Morgan fingerprint density at radius 2 is 1.69 bits per heavy atom. The van der Waals surface area contributed by atoms with Gasteiger partial charge in [-0.2, -0.15) is 5.10 Å². The van der Waals surface area contributed by atoms with Crippen LogP contribution < -0.4 is 10.1 Å². The van der Waals surface area contributed by atoms with E-state index in [2.05, 4.69) is 10.4 Å². The first kappa shape index (κ1) is 24.3. The van der Waals surface area contributed by atoms with Crippen molar-refractivity contribution < 1.29 is 22.7 Å². The number of amides is 1. The van der Waals surface area contributed by atoms with E-state index >= 15 is 0 Å². The van der Waals surface area contributed by atoms with E-state index in [-0.39, 0.29) is 11.7 Å². The van der Waals surface area contributed by atoms with Gasteiger partial charge in [0, 0.05) is 10.8 Å². The van der Waals surface area contributed by atoms with Crippen molar-refractivity contribution in [2.45, 2.75) is 39.8 Å². The zero-order valence-corrected chi connectivity index (χ0v) is 19.9.